The minimum atomic E-state index is -1.45. The lowest BCUT2D eigenvalue weighted by Gasteiger charge is -2.34. The highest BCUT2D eigenvalue weighted by Gasteiger charge is 2.37. The Balaban J connectivity index is 0.000000171. The molecule has 0 saturated carbocycles. The van der Waals surface area contributed by atoms with Crippen LogP contribution in [0.4, 0.5) is 22.0 Å². The number of pyridine rings is 1. The summed E-state index contributed by atoms with van der Waals surface area (Å²) in [6.07, 6.45) is 5.37. The van der Waals surface area contributed by atoms with Gasteiger partial charge in [0.2, 0.25) is 0 Å². The van der Waals surface area contributed by atoms with E-state index < -0.39 is 58.3 Å². The van der Waals surface area contributed by atoms with Crippen LogP contribution in [-0.4, -0.2) is 42.2 Å². The number of aliphatic hydroxyl groups is 1. The third-order valence-corrected chi connectivity index (χ3v) is 15.9. The number of nitrogens with one attached hydrogen (secondary N) is 2. The van der Waals surface area contributed by atoms with Crippen LogP contribution in [0.2, 0.25) is 0 Å². The number of carbonyl (C=O) groups excluding carboxylic acids is 3. The van der Waals surface area contributed by atoms with Crippen molar-refractivity contribution >= 4 is 55.3 Å². The van der Waals surface area contributed by atoms with E-state index >= 15 is 0 Å². The van der Waals surface area contributed by atoms with E-state index in [1.54, 1.807) is 36.4 Å². The van der Waals surface area contributed by atoms with Gasteiger partial charge in [-0.1, -0.05) is 161 Å². The maximum atomic E-state index is 13.2. The number of H-pyrrole nitrogens is 1. The van der Waals surface area contributed by atoms with E-state index in [0.29, 0.717) is 37.7 Å². The number of amides is 1. The zero-order valence-corrected chi connectivity index (χ0v) is 56.9. The third kappa shape index (κ3) is 20.6. The first-order chi connectivity index (χ1) is 47.3. The van der Waals surface area contributed by atoms with Crippen molar-refractivity contribution in [3.63, 3.8) is 0 Å². The molecular formula is C82H67BrF5N3O9. The fourth-order valence-electron chi connectivity index (χ4n) is 9.72. The third-order valence-electron chi connectivity index (χ3n) is 15.2. The minimum absolute atomic E-state index is 0. The molecule has 0 spiro atoms. The molecule has 0 bridgehead atoms. The molecule has 0 aliphatic carbocycles. The molecule has 1 aliphatic heterocycles. The Morgan fingerprint density at radius 3 is 1.53 bits per heavy atom. The standard InChI is InChI=1S/C17H13FO2.C16H14FNO2.C16H12FNO.C16H11FO2.C9H8.C8H6BrFO2.H3N/c1-12-3-5-13(6-4-12)7-8-14-9-10-15(18)11-16(14)17(19)20-2;1-10-2-5-12(6-3-10)16(20)9-11-4-7-13(17)8-14(11)15(19)18-16;1-10-2-4-11(5-3-10)15-8-12-6-7-13(17)9-14(12)16(19)18-15;1-10-2-4-11(5-3-10)15-8-12-6-7-13(17)9-14(12)16(18)19-15;1-3-9-6-4-8(2)5-7-9;1-12-8(11)6-4-5(10)2-3-7(6)9;/h3-6,9-11H,1-2H3;2-8,20H,9H2,1H3,(H,18,19);2-9H,1H3,(H,18,19);2-9H,1H3;1,4-7H,2H3;2-4H,1H3;1H3. The first-order valence-electron chi connectivity index (χ1n) is 30.5. The van der Waals surface area contributed by atoms with E-state index in [0.717, 1.165) is 67.7 Å². The highest BCUT2D eigenvalue weighted by molar-refractivity contribution is 9.10. The van der Waals surface area contributed by atoms with Gasteiger partial charge in [0.05, 0.1) is 30.7 Å². The summed E-state index contributed by atoms with van der Waals surface area (Å²) in [5.41, 5.74) is 10.1. The number of hydrogen-bond acceptors (Lipinski definition) is 10. The molecule has 1 unspecified atom stereocenters. The van der Waals surface area contributed by atoms with Gasteiger partial charge in [-0.15, -0.1) is 6.42 Å². The van der Waals surface area contributed by atoms with Crippen LogP contribution in [0.15, 0.2) is 243 Å². The number of rotatable bonds is 5. The van der Waals surface area contributed by atoms with Gasteiger partial charge in [0, 0.05) is 55.4 Å². The zero-order chi connectivity index (χ0) is 71.5. The number of halogens is 6. The number of ether oxygens (including phenoxy) is 2. The first-order valence-corrected chi connectivity index (χ1v) is 31.3. The number of aromatic nitrogens is 1. The number of aryl methyl sites for hydroxylation is 5. The quantitative estimate of drug-likeness (QED) is 0.0730. The van der Waals surface area contributed by atoms with Crippen molar-refractivity contribution in [1.82, 2.24) is 16.5 Å². The van der Waals surface area contributed by atoms with E-state index in [9.17, 15) is 51.0 Å². The average molecular weight is 1410 g/mol. The second-order valence-electron chi connectivity index (χ2n) is 22.7. The SMILES string of the molecule is C#Cc1ccc(C)cc1.COC(=O)c1cc(F)ccc1Br.COC(=O)c1cc(F)ccc1C#Cc1ccc(C)cc1.Cc1ccc(-c2cc3ccc(F)cc3c(=O)[nH]2)cc1.Cc1ccc(-c2cc3ccc(F)cc3c(=O)o2)cc1.Cc1ccc(C2(O)Cc3ccc(F)cc3C(=O)N2)cc1.N. The molecule has 100 heavy (non-hydrogen) atoms. The summed E-state index contributed by atoms with van der Waals surface area (Å²) in [5.74, 6) is 4.99. The van der Waals surface area contributed by atoms with Gasteiger partial charge in [-0.05, 0) is 182 Å². The summed E-state index contributed by atoms with van der Waals surface area (Å²) < 4.78 is 80.1. The fourth-order valence-corrected chi connectivity index (χ4v) is 10.1. The number of methoxy groups -OCH3 is 2. The van der Waals surface area contributed by atoms with E-state index in [2.05, 4.69) is 53.5 Å². The highest BCUT2D eigenvalue weighted by Crippen LogP contribution is 2.31. The summed E-state index contributed by atoms with van der Waals surface area (Å²) in [6.45, 7) is 9.98. The largest absolute Gasteiger partial charge is 0.465 e. The van der Waals surface area contributed by atoms with Crippen molar-refractivity contribution in [2.24, 2.45) is 0 Å². The highest BCUT2D eigenvalue weighted by atomic mass is 79.9. The second-order valence-corrected chi connectivity index (χ2v) is 23.5. The lowest BCUT2D eigenvalue weighted by Crippen LogP contribution is -2.51. The van der Waals surface area contributed by atoms with Gasteiger partial charge in [-0.2, -0.15) is 0 Å². The van der Waals surface area contributed by atoms with Crippen molar-refractivity contribution in [2.45, 2.75) is 46.8 Å². The predicted molar refractivity (Wildman–Crippen MR) is 384 cm³/mol. The Labute approximate surface area is 582 Å². The topological polar surface area (TPSA) is 200 Å². The molecule has 13 rings (SSSR count). The van der Waals surface area contributed by atoms with Gasteiger partial charge in [-0.25, -0.2) is 36.3 Å². The van der Waals surface area contributed by atoms with E-state index in [1.807, 2.05) is 150 Å². The van der Waals surface area contributed by atoms with Crippen LogP contribution in [0.1, 0.15) is 86.7 Å². The average Bonchev–Trinajstić information content (AvgIpc) is 0.806. The lowest BCUT2D eigenvalue weighted by molar-refractivity contribution is -0.00122. The first kappa shape index (κ1) is 75.6. The van der Waals surface area contributed by atoms with Crippen LogP contribution in [0.5, 0.6) is 0 Å². The van der Waals surface area contributed by atoms with E-state index in [-0.39, 0.29) is 40.2 Å². The van der Waals surface area contributed by atoms with Crippen LogP contribution in [0.3, 0.4) is 0 Å². The summed E-state index contributed by atoms with van der Waals surface area (Å²) in [5, 5.41) is 15.3. The molecule has 2 aromatic heterocycles. The van der Waals surface area contributed by atoms with Gasteiger partial charge >= 0.3 is 17.6 Å². The fraction of sp³-hybridized carbons (Fsp3) is 0.110. The van der Waals surface area contributed by atoms with Crippen molar-refractivity contribution in [2.75, 3.05) is 14.2 Å². The van der Waals surface area contributed by atoms with Gasteiger partial charge < -0.3 is 35.4 Å². The normalized spacial score (nSPS) is 12.2. The smallest absolute Gasteiger partial charge is 0.344 e. The maximum absolute atomic E-state index is 13.2. The van der Waals surface area contributed by atoms with E-state index in [4.69, 9.17) is 10.8 Å². The molecule has 1 aliphatic rings. The molecule has 10 aromatic carbocycles. The van der Waals surface area contributed by atoms with Crippen LogP contribution < -0.4 is 22.7 Å². The molecule has 1 amide bonds. The summed E-state index contributed by atoms with van der Waals surface area (Å²) in [6, 6.07) is 62.2. The maximum Gasteiger partial charge on any atom is 0.344 e. The monoisotopic (exact) mass is 1410 g/mol. The summed E-state index contributed by atoms with van der Waals surface area (Å²) in [7, 11) is 2.50. The number of carbonyl (C=O) groups is 3. The van der Waals surface area contributed by atoms with E-state index in [1.165, 1.54) is 80.4 Å². The Bertz CT molecular complexity index is 5000. The Hall–Kier alpha value is -11.8. The molecular weight excluding hydrogens is 1350 g/mol. The van der Waals surface area contributed by atoms with Crippen LogP contribution in [0.25, 0.3) is 44.1 Å². The molecule has 3 heterocycles. The van der Waals surface area contributed by atoms with Crippen molar-refractivity contribution in [1.29, 1.82) is 0 Å². The Kier molecular flexibility index (Phi) is 26.4. The minimum Gasteiger partial charge on any atom is -0.465 e. The van der Waals surface area contributed by atoms with Crippen LogP contribution in [0, 0.1) is 87.9 Å². The number of fused-ring (bicyclic) bond motifs is 3. The second kappa shape index (κ2) is 34.9. The predicted octanol–water partition coefficient (Wildman–Crippen LogP) is 17.6. The molecule has 506 valence electrons. The molecule has 0 fully saturated rings. The number of hydrogen-bond donors (Lipinski definition) is 4. The molecule has 6 N–H and O–H groups in total. The molecule has 18 heteroatoms. The van der Waals surface area contributed by atoms with Crippen molar-refractivity contribution < 1.29 is 55.3 Å². The number of aromatic amines is 1. The van der Waals surface area contributed by atoms with Gasteiger partial charge in [0.25, 0.3) is 11.5 Å². The molecule has 12 nitrogen and oxygen atoms in total. The number of benzene rings is 10. The Morgan fingerprint density at radius 1 is 0.520 bits per heavy atom. The molecule has 12 aromatic rings. The van der Waals surface area contributed by atoms with Gasteiger partial charge in [0.1, 0.15) is 34.8 Å². The number of esters is 2. The zero-order valence-electron chi connectivity index (χ0n) is 55.3. The molecule has 1 atom stereocenters. The molecule has 0 radical (unpaired) electrons. The van der Waals surface area contributed by atoms with Gasteiger partial charge in [-0.3, -0.25) is 9.59 Å². The summed E-state index contributed by atoms with van der Waals surface area (Å²) >= 11 is 3.10. The lowest BCUT2D eigenvalue weighted by atomic mass is 9.88. The van der Waals surface area contributed by atoms with Gasteiger partial charge in [0.15, 0.2) is 5.72 Å². The van der Waals surface area contributed by atoms with Crippen LogP contribution >= 0.6 is 15.9 Å². The summed E-state index contributed by atoms with van der Waals surface area (Å²) in [4.78, 5) is 61.2. The van der Waals surface area contributed by atoms with Crippen molar-refractivity contribution in [3.05, 3.63) is 351 Å². The Morgan fingerprint density at radius 2 is 0.970 bits per heavy atom. The van der Waals surface area contributed by atoms with Crippen LogP contribution in [-0.2, 0) is 21.6 Å². The van der Waals surface area contributed by atoms with Crippen molar-refractivity contribution in [3.8, 4) is 46.8 Å². The molecule has 0 saturated heterocycles. The number of terminal acetylenes is 1.